The van der Waals surface area contributed by atoms with E-state index >= 15 is 0 Å². The van der Waals surface area contributed by atoms with Crippen LogP contribution in [0.25, 0.3) is 0 Å². The molecule has 0 saturated carbocycles. The van der Waals surface area contributed by atoms with Crippen LogP contribution in [0.1, 0.15) is 34.1 Å². The minimum atomic E-state index is -1.05. The standard InChI is InChI=1S/C10H18N2O4S.C2H6.CH2O2/c1-6(11)5-17-8(3-9(14)15)10(16)12-4-7(2)13;1-2;2-1-3/h6,8H,3-5,11H2,1-2H3,(H,12,16)(H,14,15);1-2H3;1H,(H,2,3)/t6-,8?;;/m1../s1. The fourth-order valence-electron chi connectivity index (χ4n) is 0.979. The third-order valence-electron chi connectivity index (χ3n) is 1.72. The van der Waals surface area contributed by atoms with E-state index in [9.17, 15) is 14.4 Å². The summed E-state index contributed by atoms with van der Waals surface area (Å²) in [6.07, 6.45) is -0.277. The number of carboxylic acid groups (broad SMARTS) is 2. The van der Waals surface area contributed by atoms with Crippen molar-refractivity contribution < 1.29 is 29.4 Å². The number of aliphatic carboxylic acids is 1. The minimum absolute atomic E-state index is 0.0757. The fraction of sp³-hybridized carbons (Fsp3) is 0.692. The molecular weight excluding hydrogens is 312 g/mol. The van der Waals surface area contributed by atoms with E-state index in [2.05, 4.69) is 5.32 Å². The summed E-state index contributed by atoms with van der Waals surface area (Å²) in [5.41, 5.74) is 5.54. The molecule has 2 atom stereocenters. The third-order valence-corrected chi connectivity index (χ3v) is 3.23. The number of thioether (sulfide) groups is 1. The Bertz CT molecular complexity index is 336. The molecule has 22 heavy (non-hydrogen) atoms. The van der Waals surface area contributed by atoms with Gasteiger partial charge in [-0.2, -0.15) is 0 Å². The van der Waals surface area contributed by atoms with Gasteiger partial charge in [-0.15, -0.1) is 11.8 Å². The molecule has 0 spiro atoms. The van der Waals surface area contributed by atoms with Crippen LogP contribution in [0.5, 0.6) is 0 Å². The number of carbonyl (C=O) groups excluding carboxylic acids is 2. The van der Waals surface area contributed by atoms with Crippen molar-refractivity contribution in [3.63, 3.8) is 0 Å². The molecule has 0 aromatic heterocycles. The van der Waals surface area contributed by atoms with Gasteiger partial charge in [0.15, 0.2) is 0 Å². The molecule has 9 heteroatoms. The minimum Gasteiger partial charge on any atom is -0.483 e. The number of carbonyl (C=O) groups is 4. The van der Waals surface area contributed by atoms with Crippen LogP contribution in [0.15, 0.2) is 0 Å². The Morgan fingerprint density at radius 1 is 1.32 bits per heavy atom. The molecule has 0 fully saturated rings. The van der Waals surface area contributed by atoms with Gasteiger partial charge in [-0.05, 0) is 13.8 Å². The van der Waals surface area contributed by atoms with Crippen molar-refractivity contribution in [3.8, 4) is 0 Å². The summed E-state index contributed by atoms with van der Waals surface area (Å²) >= 11 is 1.19. The number of Topliss-reactive ketones (excluding diaryl/α,β-unsaturated/α-hetero) is 1. The number of nitrogens with one attached hydrogen (secondary N) is 1. The maximum atomic E-state index is 11.6. The van der Waals surface area contributed by atoms with Gasteiger partial charge < -0.3 is 21.3 Å². The third kappa shape index (κ3) is 20.7. The smallest absolute Gasteiger partial charge is 0.305 e. The monoisotopic (exact) mass is 338 g/mol. The van der Waals surface area contributed by atoms with E-state index in [-0.39, 0.29) is 31.3 Å². The number of ketones is 1. The quantitative estimate of drug-likeness (QED) is 0.463. The van der Waals surface area contributed by atoms with Gasteiger partial charge in [0.05, 0.1) is 18.2 Å². The molecule has 8 nitrogen and oxygen atoms in total. The number of hydrogen-bond donors (Lipinski definition) is 4. The SMILES string of the molecule is CC.CC(=O)CNC(=O)C(CC(=O)O)SC[C@@H](C)N.O=CO. The predicted molar refractivity (Wildman–Crippen MR) is 85.9 cm³/mol. The first kappa shape index (κ1) is 25.3. The predicted octanol–water partition coefficient (Wildman–Crippen LogP) is 0.342. The van der Waals surface area contributed by atoms with Crippen LogP contribution in [-0.2, 0) is 19.2 Å². The van der Waals surface area contributed by atoms with Crippen molar-refractivity contribution in [2.75, 3.05) is 12.3 Å². The van der Waals surface area contributed by atoms with E-state index in [1.54, 1.807) is 6.92 Å². The number of carboxylic acids is 1. The molecule has 0 aliphatic rings. The largest absolute Gasteiger partial charge is 0.483 e. The molecule has 0 bridgehead atoms. The summed E-state index contributed by atoms with van der Waals surface area (Å²) in [4.78, 5) is 41.3. The van der Waals surface area contributed by atoms with Crippen LogP contribution in [-0.4, -0.2) is 57.9 Å². The molecule has 130 valence electrons. The van der Waals surface area contributed by atoms with Gasteiger partial charge in [-0.1, -0.05) is 13.8 Å². The first-order chi connectivity index (χ1) is 10.2. The molecule has 0 aromatic rings. The van der Waals surface area contributed by atoms with Crippen LogP contribution in [0.3, 0.4) is 0 Å². The molecule has 0 heterocycles. The molecule has 0 rings (SSSR count). The van der Waals surface area contributed by atoms with E-state index in [0.717, 1.165) is 0 Å². The zero-order valence-corrected chi connectivity index (χ0v) is 14.2. The Morgan fingerprint density at radius 3 is 2.09 bits per heavy atom. The van der Waals surface area contributed by atoms with Crippen LogP contribution < -0.4 is 11.1 Å². The Morgan fingerprint density at radius 2 is 1.77 bits per heavy atom. The fourth-order valence-corrected chi connectivity index (χ4v) is 2.01. The average molecular weight is 338 g/mol. The number of amides is 1. The number of hydrogen-bond acceptors (Lipinski definition) is 6. The molecule has 0 aliphatic carbocycles. The van der Waals surface area contributed by atoms with E-state index in [0.29, 0.717) is 5.75 Å². The van der Waals surface area contributed by atoms with Gasteiger partial charge in [-0.25, -0.2) is 0 Å². The van der Waals surface area contributed by atoms with Crippen LogP contribution in [0.2, 0.25) is 0 Å². The van der Waals surface area contributed by atoms with Crippen molar-refractivity contribution in [1.82, 2.24) is 5.32 Å². The second-order valence-corrected chi connectivity index (χ2v) is 5.16. The number of nitrogens with two attached hydrogens (primary N) is 1. The topological polar surface area (TPSA) is 147 Å². The van der Waals surface area contributed by atoms with Crippen LogP contribution >= 0.6 is 11.8 Å². The molecule has 5 N–H and O–H groups in total. The van der Waals surface area contributed by atoms with Crippen LogP contribution in [0, 0.1) is 0 Å². The van der Waals surface area contributed by atoms with Crippen molar-refractivity contribution in [3.05, 3.63) is 0 Å². The van der Waals surface area contributed by atoms with E-state index in [4.69, 9.17) is 20.7 Å². The second kappa shape index (κ2) is 17.4. The van der Waals surface area contributed by atoms with Gasteiger partial charge >= 0.3 is 5.97 Å². The first-order valence-corrected chi connectivity index (χ1v) is 7.73. The lowest BCUT2D eigenvalue weighted by molar-refractivity contribution is -0.138. The van der Waals surface area contributed by atoms with Gasteiger partial charge in [0.1, 0.15) is 5.78 Å². The summed E-state index contributed by atoms with van der Waals surface area (Å²) in [6, 6.07) is -0.114. The maximum Gasteiger partial charge on any atom is 0.305 e. The van der Waals surface area contributed by atoms with Crippen molar-refractivity contribution >= 4 is 35.9 Å². The highest BCUT2D eigenvalue weighted by Crippen LogP contribution is 2.15. The summed E-state index contributed by atoms with van der Waals surface area (Å²) in [5, 5.41) is 17.3. The van der Waals surface area contributed by atoms with Gasteiger partial charge in [0.25, 0.3) is 6.47 Å². The Labute approximate surface area is 134 Å². The Kier molecular flexibility index (Phi) is 20.1. The highest BCUT2D eigenvalue weighted by atomic mass is 32.2. The second-order valence-electron chi connectivity index (χ2n) is 3.92. The van der Waals surface area contributed by atoms with E-state index in [1.165, 1.54) is 18.7 Å². The summed E-state index contributed by atoms with van der Waals surface area (Å²) < 4.78 is 0. The van der Waals surface area contributed by atoms with E-state index in [1.807, 2.05) is 13.8 Å². The molecule has 0 radical (unpaired) electrons. The first-order valence-electron chi connectivity index (χ1n) is 6.68. The van der Waals surface area contributed by atoms with Crippen LogP contribution in [0.4, 0.5) is 0 Å². The van der Waals surface area contributed by atoms with Gasteiger partial charge in [0.2, 0.25) is 5.91 Å². The van der Waals surface area contributed by atoms with Gasteiger partial charge in [-0.3, -0.25) is 19.2 Å². The van der Waals surface area contributed by atoms with Crippen molar-refractivity contribution in [2.24, 2.45) is 5.73 Å². The summed E-state index contributed by atoms with van der Waals surface area (Å²) in [7, 11) is 0. The molecule has 0 aromatic carbocycles. The molecule has 1 unspecified atom stereocenters. The normalized spacial score (nSPS) is 11.5. The number of rotatable bonds is 8. The zero-order valence-electron chi connectivity index (χ0n) is 13.4. The zero-order chi connectivity index (χ0) is 18.1. The van der Waals surface area contributed by atoms with Crippen molar-refractivity contribution in [2.45, 2.75) is 45.4 Å². The summed E-state index contributed by atoms with van der Waals surface area (Å²) in [6.45, 7) is 6.80. The lowest BCUT2D eigenvalue weighted by Crippen LogP contribution is -2.37. The van der Waals surface area contributed by atoms with E-state index < -0.39 is 17.1 Å². The Balaban J connectivity index is -0.000000637. The molecule has 0 aliphatic heterocycles. The Hall–Kier alpha value is -1.61. The lowest BCUT2D eigenvalue weighted by Gasteiger charge is -2.15. The summed E-state index contributed by atoms with van der Waals surface area (Å²) in [5.74, 6) is -1.17. The lowest BCUT2D eigenvalue weighted by atomic mass is 10.3. The highest BCUT2D eigenvalue weighted by molar-refractivity contribution is 8.00. The highest BCUT2D eigenvalue weighted by Gasteiger charge is 2.22. The van der Waals surface area contributed by atoms with Crippen molar-refractivity contribution in [1.29, 1.82) is 0 Å². The molecular formula is C13H26N2O6S. The van der Waals surface area contributed by atoms with Gasteiger partial charge in [0, 0.05) is 11.8 Å². The maximum absolute atomic E-state index is 11.6. The molecule has 1 amide bonds. The average Bonchev–Trinajstić information content (AvgIpc) is 2.43. The molecule has 0 saturated heterocycles.